The fourth-order valence-electron chi connectivity index (χ4n) is 1.84. The molecule has 0 aliphatic rings. The molecule has 0 aliphatic carbocycles. The highest BCUT2D eigenvalue weighted by molar-refractivity contribution is 6.00. The highest BCUT2D eigenvalue weighted by atomic mass is 16.5. The summed E-state index contributed by atoms with van der Waals surface area (Å²) in [4.78, 5) is 12.1. The number of ketones is 1. The smallest absolute Gasteiger partial charge is 0.179 e. The van der Waals surface area contributed by atoms with Crippen molar-refractivity contribution < 1.29 is 9.53 Å². The van der Waals surface area contributed by atoms with Crippen LogP contribution in [0.5, 0.6) is 5.75 Å². The third kappa shape index (κ3) is 3.30. The molecule has 0 heterocycles. The lowest BCUT2D eigenvalue weighted by Gasteiger charge is -2.14. The highest BCUT2D eigenvalue weighted by Gasteiger charge is 2.16. The Bertz CT molecular complexity index is 384. The number of Topliss-reactive ketones (excluding diaryl/α,β-unsaturated/α-hetero) is 1. The SMILES string of the molecule is CCOc1ccc(C(=O)C(CC)NC)cc1C. The van der Waals surface area contributed by atoms with Gasteiger partial charge in [0.25, 0.3) is 0 Å². The van der Waals surface area contributed by atoms with Crippen LogP contribution in [-0.2, 0) is 0 Å². The van der Waals surface area contributed by atoms with Gasteiger partial charge in [-0.3, -0.25) is 4.79 Å². The maximum Gasteiger partial charge on any atom is 0.179 e. The number of carbonyl (C=O) groups excluding carboxylic acids is 1. The van der Waals surface area contributed by atoms with Crippen LogP contribution in [0, 0.1) is 6.92 Å². The Morgan fingerprint density at radius 3 is 2.59 bits per heavy atom. The number of likely N-dealkylation sites (N-methyl/N-ethyl adjacent to an activating group) is 1. The Balaban J connectivity index is 2.93. The van der Waals surface area contributed by atoms with Gasteiger partial charge in [-0.1, -0.05) is 6.92 Å². The van der Waals surface area contributed by atoms with Gasteiger partial charge in [0, 0.05) is 5.56 Å². The first-order valence-corrected chi connectivity index (χ1v) is 6.08. The van der Waals surface area contributed by atoms with E-state index in [9.17, 15) is 4.79 Å². The van der Waals surface area contributed by atoms with Gasteiger partial charge in [-0.15, -0.1) is 0 Å². The molecule has 0 fully saturated rings. The van der Waals surface area contributed by atoms with Gasteiger partial charge < -0.3 is 10.1 Å². The molecule has 0 saturated heterocycles. The van der Waals surface area contributed by atoms with Crippen molar-refractivity contribution >= 4 is 5.78 Å². The normalized spacial score (nSPS) is 12.2. The summed E-state index contributed by atoms with van der Waals surface area (Å²) in [5.74, 6) is 0.989. The average molecular weight is 235 g/mol. The van der Waals surface area contributed by atoms with Crippen LogP contribution in [-0.4, -0.2) is 25.5 Å². The Hall–Kier alpha value is -1.35. The van der Waals surface area contributed by atoms with Crippen LogP contribution in [0.1, 0.15) is 36.2 Å². The maximum atomic E-state index is 12.1. The summed E-state index contributed by atoms with van der Waals surface area (Å²) in [5, 5.41) is 3.03. The largest absolute Gasteiger partial charge is 0.494 e. The molecule has 1 aromatic rings. The number of benzene rings is 1. The number of rotatable bonds is 6. The number of aryl methyl sites for hydroxylation is 1. The van der Waals surface area contributed by atoms with Crippen molar-refractivity contribution in [2.75, 3.05) is 13.7 Å². The molecular weight excluding hydrogens is 214 g/mol. The molecule has 1 atom stereocenters. The quantitative estimate of drug-likeness (QED) is 0.770. The van der Waals surface area contributed by atoms with Gasteiger partial charge in [-0.05, 0) is 51.1 Å². The summed E-state index contributed by atoms with van der Waals surface area (Å²) in [6.07, 6.45) is 0.793. The van der Waals surface area contributed by atoms with E-state index in [0.29, 0.717) is 6.61 Å². The molecule has 1 N–H and O–H groups in total. The van der Waals surface area contributed by atoms with Crippen molar-refractivity contribution in [3.05, 3.63) is 29.3 Å². The Morgan fingerprint density at radius 2 is 2.12 bits per heavy atom. The standard InChI is InChI=1S/C14H21NO2/c1-5-12(15-4)14(16)11-7-8-13(17-6-2)10(3)9-11/h7-9,12,15H,5-6H2,1-4H3. The monoisotopic (exact) mass is 235 g/mol. The molecule has 0 radical (unpaired) electrons. The van der Waals surface area contributed by atoms with Crippen molar-refractivity contribution in [1.82, 2.24) is 5.32 Å². The third-order valence-electron chi connectivity index (χ3n) is 2.83. The molecular formula is C14H21NO2. The van der Waals surface area contributed by atoms with Crippen LogP contribution in [0.15, 0.2) is 18.2 Å². The van der Waals surface area contributed by atoms with E-state index < -0.39 is 0 Å². The van der Waals surface area contributed by atoms with E-state index in [2.05, 4.69) is 5.32 Å². The van der Waals surface area contributed by atoms with Crippen molar-refractivity contribution in [3.8, 4) is 5.75 Å². The van der Waals surface area contributed by atoms with Gasteiger partial charge in [0.1, 0.15) is 5.75 Å². The number of ether oxygens (including phenoxy) is 1. The summed E-state index contributed by atoms with van der Waals surface area (Å²) >= 11 is 0. The zero-order chi connectivity index (χ0) is 12.8. The van der Waals surface area contributed by atoms with Crippen LogP contribution < -0.4 is 10.1 Å². The number of carbonyl (C=O) groups is 1. The molecule has 0 spiro atoms. The van der Waals surface area contributed by atoms with E-state index in [1.807, 2.05) is 46.0 Å². The number of hydrogen-bond acceptors (Lipinski definition) is 3. The molecule has 1 unspecified atom stereocenters. The van der Waals surface area contributed by atoms with E-state index >= 15 is 0 Å². The summed E-state index contributed by atoms with van der Waals surface area (Å²) in [5.41, 5.74) is 1.75. The second-order valence-corrected chi connectivity index (χ2v) is 4.03. The summed E-state index contributed by atoms with van der Waals surface area (Å²) in [6.45, 7) is 6.55. The Kier molecular flexibility index (Phi) is 5.16. The fourth-order valence-corrected chi connectivity index (χ4v) is 1.84. The lowest BCUT2D eigenvalue weighted by molar-refractivity contribution is 0.0945. The summed E-state index contributed by atoms with van der Waals surface area (Å²) in [6, 6.07) is 5.49. The first-order chi connectivity index (χ1) is 8.13. The topological polar surface area (TPSA) is 38.3 Å². The van der Waals surface area contributed by atoms with Crippen LogP contribution in [0.25, 0.3) is 0 Å². The molecule has 3 heteroatoms. The summed E-state index contributed by atoms with van der Waals surface area (Å²) in [7, 11) is 1.81. The first kappa shape index (κ1) is 13.7. The van der Waals surface area contributed by atoms with Crippen molar-refractivity contribution in [3.63, 3.8) is 0 Å². The third-order valence-corrected chi connectivity index (χ3v) is 2.83. The van der Waals surface area contributed by atoms with E-state index in [4.69, 9.17) is 4.74 Å². The average Bonchev–Trinajstić information content (AvgIpc) is 2.33. The Labute approximate surface area is 103 Å². The molecule has 3 nitrogen and oxygen atoms in total. The molecule has 0 amide bonds. The highest BCUT2D eigenvalue weighted by Crippen LogP contribution is 2.20. The van der Waals surface area contributed by atoms with Crippen LogP contribution in [0.4, 0.5) is 0 Å². The zero-order valence-electron chi connectivity index (χ0n) is 11.0. The molecule has 0 saturated carbocycles. The lowest BCUT2D eigenvalue weighted by Crippen LogP contribution is -2.33. The first-order valence-electron chi connectivity index (χ1n) is 6.08. The molecule has 1 rings (SSSR count). The van der Waals surface area contributed by atoms with Gasteiger partial charge in [0.2, 0.25) is 0 Å². The molecule has 0 bridgehead atoms. The predicted molar refractivity (Wildman–Crippen MR) is 69.8 cm³/mol. The van der Waals surface area contributed by atoms with E-state index in [-0.39, 0.29) is 11.8 Å². The van der Waals surface area contributed by atoms with Gasteiger partial charge >= 0.3 is 0 Å². The maximum absolute atomic E-state index is 12.1. The molecule has 17 heavy (non-hydrogen) atoms. The summed E-state index contributed by atoms with van der Waals surface area (Å²) < 4.78 is 5.46. The van der Waals surface area contributed by atoms with E-state index in [1.54, 1.807) is 0 Å². The van der Waals surface area contributed by atoms with E-state index in [1.165, 1.54) is 0 Å². The van der Waals surface area contributed by atoms with Gasteiger partial charge in [-0.25, -0.2) is 0 Å². The molecule has 1 aromatic carbocycles. The minimum absolute atomic E-state index is 0.104. The lowest BCUT2D eigenvalue weighted by atomic mass is 10.0. The van der Waals surface area contributed by atoms with Gasteiger partial charge in [-0.2, -0.15) is 0 Å². The van der Waals surface area contributed by atoms with Crippen molar-refractivity contribution in [2.24, 2.45) is 0 Å². The zero-order valence-corrected chi connectivity index (χ0v) is 11.0. The van der Waals surface area contributed by atoms with Gasteiger partial charge in [0.15, 0.2) is 5.78 Å². The van der Waals surface area contributed by atoms with Gasteiger partial charge in [0.05, 0.1) is 12.6 Å². The second kappa shape index (κ2) is 6.40. The van der Waals surface area contributed by atoms with Crippen molar-refractivity contribution in [1.29, 1.82) is 0 Å². The minimum atomic E-state index is -0.104. The molecule has 0 aliphatic heterocycles. The van der Waals surface area contributed by atoms with Crippen LogP contribution in [0.3, 0.4) is 0 Å². The van der Waals surface area contributed by atoms with E-state index in [0.717, 1.165) is 23.3 Å². The predicted octanol–water partition coefficient (Wildman–Crippen LogP) is 2.57. The van der Waals surface area contributed by atoms with Crippen molar-refractivity contribution in [2.45, 2.75) is 33.2 Å². The number of hydrogen-bond donors (Lipinski definition) is 1. The fraction of sp³-hybridized carbons (Fsp3) is 0.500. The molecule has 94 valence electrons. The van der Waals surface area contributed by atoms with Crippen LogP contribution in [0.2, 0.25) is 0 Å². The van der Waals surface area contributed by atoms with Crippen LogP contribution >= 0.6 is 0 Å². The minimum Gasteiger partial charge on any atom is -0.494 e. The second-order valence-electron chi connectivity index (χ2n) is 4.03. The number of nitrogens with one attached hydrogen (secondary N) is 1. The molecule has 0 aromatic heterocycles. The Morgan fingerprint density at radius 1 is 1.41 bits per heavy atom.